The lowest BCUT2D eigenvalue weighted by Gasteiger charge is -2.09. The summed E-state index contributed by atoms with van der Waals surface area (Å²) in [6.07, 6.45) is 0.982. The molecule has 0 spiro atoms. The zero-order valence-electron chi connectivity index (χ0n) is 11.6. The lowest BCUT2D eigenvalue weighted by Crippen LogP contribution is -2.00. The van der Waals surface area contributed by atoms with Crippen molar-refractivity contribution in [3.63, 3.8) is 0 Å². The Hall–Kier alpha value is -2.67. The molecule has 0 aliphatic carbocycles. The molecule has 0 aromatic heterocycles. The van der Waals surface area contributed by atoms with Crippen molar-refractivity contribution in [3.05, 3.63) is 53.6 Å². The predicted octanol–water partition coefficient (Wildman–Crippen LogP) is 3.14. The first-order valence-corrected chi connectivity index (χ1v) is 6.93. The average molecular weight is 280 g/mol. The molecule has 106 valence electrons. The molecule has 0 atom stereocenters. The van der Waals surface area contributed by atoms with E-state index in [1.54, 1.807) is 0 Å². The third kappa shape index (κ3) is 3.26. The molecule has 2 aromatic carbocycles. The van der Waals surface area contributed by atoms with Crippen LogP contribution >= 0.6 is 0 Å². The molecule has 3 rings (SSSR count). The highest BCUT2D eigenvalue weighted by atomic mass is 16.5. The van der Waals surface area contributed by atoms with Crippen LogP contribution in [0.15, 0.2) is 42.5 Å². The van der Waals surface area contributed by atoms with Gasteiger partial charge in [-0.05, 0) is 41.5 Å². The Morgan fingerprint density at radius 3 is 2.86 bits per heavy atom. The van der Waals surface area contributed by atoms with Crippen LogP contribution in [0, 0.1) is 11.3 Å². The van der Waals surface area contributed by atoms with Crippen molar-refractivity contribution in [1.29, 1.82) is 5.26 Å². The van der Waals surface area contributed by atoms with E-state index in [4.69, 9.17) is 14.7 Å². The van der Waals surface area contributed by atoms with E-state index in [-0.39, 0.29) is 6.61 Å². The number of ether oxygens (including phenoxy) is 2. The number of nitrogens with zero attached hydrogens (tertiary/aromatic N) is 1. The normalized spacial score (nSPS) is 12.1. The van der Waals surface area contributed by atoms with E-state index in [2.05, 4.69) is 11.4 Å². The minimum Gasteiger partial charge on any atom is -0.493 e. The highest BCUT2D eigenvalue weighted by Gasteiger charge is 2.11. The molecule has 21 heavy (non-hydrogen) atoms. The number of hydrogen-bond donors (Lipinski definition) is 1. The Balaban J connectivity index is 1.58. The van der Waals surface area contributed by atoms with Gasteiger partial charge in [-0.25, -0.2) is 0 Å². The van der Waals surface area contributed by atoms with Crippen molar-refractivity contribution in [1.82, 2.24) is 0 Å². The molecule has 4 heteroatoms. The van der Waals surface area contributed by atoms with Crippen LogP contribution in [0.3, 0.4) is 0 Å². The smallest absolute Gasteiger partial charge is 0.174 e. The summed E-state index contributed by atoms with van der Waals surface area (Å²) in [4.78, 5) is 0. The fourth-order valence-electron chi connectivity index (χ4n) is 2.32. The van der Waals surface area contributed by atoms with Gasteiger partial charge in [-0.15, -0.1) is 0 Å². The standard InChI is InChI=1S/C17H16N2O2/c18-8-10-20-16-4-1-13(2-5-16)12-19-15-3-6-17-14(11-15)7-9-21-17/h1-6,11,19H,7,9-10,12H2. The summed E-state index contributed by atoms with van der Waals surface area (Å²) in [5, 5.41) is 11.9. The summed E-state index contributed by atoms with van der Waals surface area (Å²) in [6.45, 7) is 1.61. The molecular weight excluding hydrogens is 264 g/mol. The predicted molar refractivity (Wildman–Crippen MR) is 80.5 cm³/mol. The highest BCUT2D eigenvalue weighted by molar-refractivity contribution is 5.52. The van der Waals surface area contributed by atoms with Crippen LogP contribution in [0.1, 0.15) is 11.1 Å². The molecular formula is C17H16N2O2. The molecule has 0 bridgehead atoms. The molecule has 2 aromatic rings. The summed E-state index contributed by atoms with van der Waals surface area (Å²) in [5.74, 6) is 1.72. The van der Waals surface area contributed by atoms with Crippen molar-refractivity contribution in [2.24, 2.45) is 0 Å². The van der Waals surface area contributed by atoms with Crippen LogP contribution in [0.2, 0.25) is 0 Å². The van der Waals surface area contributed by atoms with Gasteiger partial charge in [0.25, 0.3) is 0 Å². The van der Waals surface area contributed by atoms with E-state index in [0.29, 0.717) is 0 Å². The summed E-state index contributed by atoms with van der Waals surface area (Å²) < 4.78 is 10.7. The number of benzene rings is 2. The third-order valence-electron chi connectivity index (χ3n) is 3.41. The van der Waals surface area contributed by atoms with Gasteiger partial charge in [0.15, 0.2) is 6.61 Å². The second kappa shape index (κ2) is 6.19. The van der Waals surface area contributed by atoms with Crippen molar-refractivity contribution < 1.29 is 9.47 Å². The van der Waals surface area contributed by atoms with Gasteiger partial charge in [-0.2, -0.15) is 5.26 Å². The fraction of sp³-hybridized carbons (Fsp3) is 0.235. The molecule has 0 unspecified atom stereocenters. The Labute approximate surface area is 123 Å². The van der Waals surface area contributed by atoms with Crippen molar-refractivity contribution in [2.75, 3.05) is 18.5 Å². The lowest BCUT2D eigenvalue weighted by atomic mass is 10.1. The van der Waals surface area contributed by atoms with Crippen LogP contribution in [0.5, 0.6) is 11.5 Å². The summed E-state index contributed by atoms with van der Waals surface area (Å²) in [6, 6.07) is 15.9. The third-order valence-corrected chi connectivity index (χ3v) is 3.41. The SMILES string of the molecule is N#CCOc1ccc(CNc2ccc3c(c2)CCO3)cc1. The number of hydrogen-bond acceptors (Lipinski definition) is 4. The van der Waals surface area contributed by atoms with Gasteiger partial charge in [0.05, 0.1) is 6.61 Å². The monoisotopic (exact) mass is 280 g/mol. The van der Waals surface area contributed by atoms with Crippen LogP contribution < -0.4 is 14.8 Å². The number of nitrogens with one attached hydrogen (secondary N) is 1. The Kier molecular flexibility index (Phi) is 3.92. The number of nitriles is 1. The Morgan fingerprint density at radius 2 is 2.05 bits per heavy atom. The first kappa shape index (κ1) is 13.3. The zero-order valence-corrected chi connectivity index (χ0v) is 11.6. The van der Waals surface area contributed by atoms with Crippen LogP contribution in [-0.2, 0) is 13.0 Å². The minimum absolute atomic E-state index is 0.0782. The first-order valence-electron chi connectivity index (χ1n) is 6.93. The van der Waals surface area contributed by atoms with Crippen LogP contribution in [0.4, 0.5) is 5.69 Å². The van der Waals surface area contributed by atoms with Gasteiger partial charge >= 0.3 is 0 Å². The minimum atomic E-state index is 0.0782. The molecule has 0 saturated heterocycles. The van der Waals surface area contributed by atoms with Gasteiger partial charge in [0.1, 0.15) is 17.6 Å². The summed E-state index contributed by atoms with van der Waals surface area (Å²) in [7, 11) is 0. The second-order valence-electron chi connectivity index (χ2n) is 4.87. The van der Waals surface area contributed by atoms with Gasteiger partial charge < -0.3 is 14.8 Å². The van der Waals surface area contributed by atoms with Gasteiger partial charge in [-0.3, -0.25) is 0 Å². The Morgan fingerprint density at radius 1 is 1.19 bits per heavy atom. The van der Waals surface area contributed by atoms with E-state index in [1.807, 2.05) is 42.5 Å². The van der Waals surface area contributed by atoms with E-state index < -0.39 is 0 Å². The molecule has 0 fully saturated rings. The van der Waals surface area contributed by atoms with Gasteiger partial charge in [0.2, 0.25) is 0 Å². The zero-order chi connectivity index (χ0) is 14.5. The molecule has 0 saturated carbocycles. The van der Waals surface area contributed by atoms with Crippen molar-refractivity contribution in [2.45, 2.75) is 13.0 Å². The van der Waals surface area contributed by atoms with E-state index >= 15 is 0 Å². The number of fused-ring (bicyclic) bond motifs is 1. The Bertz CT molecular complexity index is 659. The van der Waals surface area contributed by atoms with Gasteiger partial charge in [0, 0.05) is 18.7 Å². The maximum absolute atomic E-state index is 8.47. The topological polar surface area (TPSA) is 54.3 Å². The molecule has 1 aliphatic heterocycles. The molecule has 1 N–H and O–H groups in total. The fourth-order valence-corrected chi connectivity index (χ4v) is 2.32. The molecule has 4 nitrogen and oxygen atoms in total. The number of anilines is 1. The van der Waals surface area contributed by atoms with E-state index in [0.717, 1.165) is 42.3 Å². The lowest BCUT2D eigenvalue weighted by molar-refractivity contribution is 0.357. The maximum Gasteiger partial charge on any atom is 0.174 e. The van der Waals surface area contributed by atoms with E-state index in [1.165, 1.54) is 5.56 Å². The molecule has 1 aliphatic rings. The molecule has 1 heterocycles. The van der Waals surface area contributed by atoms with Crippen LogP contribution in [-0.4, -0.2) is 13.2 Å². The van der Waals surface area contributed by atoms with Crippen molar-refractivity contribution >= 4 is 5.69 Å². The highest BCUT2D eigenvalue weighted by Crippen LogP contribution is 2.28. The summed E-state index contributed by atoms with van der Waals surface area (Å²) >= 11 is 0. The maximum atomic E-state index is 8.47. The average Bonchev–Trinajstić information content (AvgIpc) is 2.99. The van der Waals surface area contributed by atoms with E-state index in [9.17, 15) is 0 Å². The quantitative estimate of drug-likeness (QED) is 0.914. The van der Waals surface area contributed by atoms with Gasteiger partial charge in [-0.1, -0.05) is 12.1 Å². The van der Waals surface area contributed by atoms with Crippen molar-refractivity contribution in [3.8, 4) is 17.6 Å². The first-order chi connectivity index (χ1) is 10.3. The number of rotatable bonds is 5. The second-order valence-corrected chi connectivity index (χ2v) is 4.87. The van der Waals surface area contributed by atoms with Crippen LogP contribution in [0.25, 0.3) is 0 Å². The molecule has 0 radical (unpaired) electrons. The molecule has 0 amide bonds. The summed E-state index contributed by atoms with van der Waals surface area (Å²) in [5.41, 5.74) is 3.53. The largest absolute Gasteiger partial charge is 0.493 e.